The molecule has 120 valence electrons. The number of nitrogens with one attached hydrogen (secondary N) is 1. The fourth-order valence-corrected chi connectivity index (χ4v) is 2.02. The van der Waals surface area contributed by atoms with Crippen molar-refractivity contribution in [2.24, 2.45) is 0 Å². The molecule has 0 atom stereocenters. The third kappa shape index (κ3) is 6.00. The van der Waals surface area contributed by atoms with E-state index < -0.39 is 0 Å². The van der Waals surface area contributed by atoms with Crippen molar-refractivity contribution in [2.75, 3.05) is 11.9 Å². The molecule has 1 amide bonds. The molecule has 0 aliphatic heterocycles. The maximum absolute atomic E-state index is 11.8. The molecule has 0 aliphatic carbocycles. The topological polar surface area (TPSA) is 64.1 Å². The molecule has 2 rings (SSSR count). The fraction of sp³-hybridized carbons (Fsp3) is 0.278. The molecule has 0 spiro atoms. The summed E-state index contributed by atoms with van der Waals surface area (Å²) in [5, 5.41) is 2.73. The van der Waals surface area contributed by atoms with Crippen molar-refractivity contribution in [1.82, 2.24) is 9.97 Å². The van der Waals surface area contributed by atoms with E-state index in [1.807, 2.05) is 44.2 Å². The number of carbonyl (C=O) groups excluding carboxylic acids is 1. The van der Waals surface area contributed by atoms with E-state index in [0.717, 1.165) is 17.7 Å². The van der Waals surface area contributed by atoms with Gasteiger partial charge in [-0.2, -0.15) is 0 Å². The van der Waals surface area contributed by atoms with E-state index in [9.17, 15) is 4.79 Å². The highest BCUT2D eigenvalue weighted by atomic mass is 16.5. The minimum absolute atomic E-state index is 0.228. The molecule has 0 radical (unpaired) electrons. The van der Waals surface area contributed by atoms with Gasteiger partial charge in [-0.3, -0.25) is 4.79 Å². The Labute approximate surface area is 136 Å². The van der Waals surface area contributed by atoms with E-state index in [2.05, 4.69) is 15.3 Å². The summed E-state index contributed by atoms with van der Waals surface area (Å²) < 4.78 is 5.48. The van der Waals surface area contributed by atoms with Gasteiger partial charge in [0, 0.05) is 17.8 Å². The van der Waals surface area contributed by atoms with Crippen molar-refractivity contribution in [2.45, 2.75) is 26.9 Å². The fourth-order valence-electron chi connectivity index (χ4n) is 2.02. The molecule has 0 fully saturated rings. The van der Waals surface area contributed by atoms with Gasteiger partial charge in [0.15, 0.2) is 0 Å². The molecular weight excluding hydrogens is 290 g/mol. The van der Waals surface area contributed by atoms with Gasteiger partial charge in [0.2, 0.25) is 5.91 Å². The number of amides is 1. The molecule has 0 saturated carbocycles. The number of ether oxygens (including phenoxy) is 1. The van der Waals surface area contributed by atoms with E-state index in [-0.39, 0.29) is 5.91 Å². The molecular formula is C18H21N3O2. The summed E-state index contributed by atoms with van der Waals surface area (Å²) in [5.41, 5.74) is 2.01. The third-order valence-electron chi connectivity index (χ3n) is 3.10. The van der Waals surface area contributed by atoms with Gasteiger partial charge in [-0.15, -0.1) is 0 Å². The Balaban J connectivity index is 1.77. The van der Waals surface area contributed by atoms with E-state index >= 15 is 0 Å². The van der Waals surface area contributed by atoms with Crippen LogP contribution in [0.4, 0.5) is 5.82 Å². The molecule has 1 aromatic heterocycles. The van der Waals surface area contributed by atoms with Gasteiger partial charge in [-0.1, -0.05) is 43.3 Å². The van der Waals surface area contributed by atoms with Crippen LogP contribution in [0.1, 0.15) is 24.0 Å². The minimum Gasteiger partial charge on any atom is -0.373 e. The van der Waals surface area contributed by atoms with Crippen molar-refractivity contribution >= 4 is 11.7 Å². The standard InChI is InChI=1S/C18H21N3O2/c1-3-16-12-17(20-14(2)19-16)21-18(22)10-7-11-23-13-15-8-5-4-6-9-15/h4-10,12H,3,11,13H2,1-2H3,(H,19,20,21,22). The van der Waals surface area contributed by atoms with Crippen LogP contribution in [0.25, 0.3) is 0 Å². The molecule has 1 aromatic carbocycles. The average molecular weight is 311 g/mol. The molecule has 0 saturated heterocycles. The number of benzene rings is 1. The first kappa shape index (κ1) is 16.8. The van der Waals surface area contributed by atoms with Crippen molar-refractivity contribution < 1.29 is 9.53 Å². The van der Waals surface area contributed by atoms with Crippen molar-refractivity contribution in [3.8, 4) is 0 Å². The highest BCUT2D eigenvalue weighted by Crippen LogP contribution is 2.07. The first-order valence-corrected chi connectivity index (χ1v) is 7.61. The Hall–Kier alpha value is -2.53. The predicted molar refractivity (Wildman–Crippen MR) is 90.0 cm³/mol. The number of carbonyl (C=O) groups is 1. The zero-order chi connectivity index (χ0) is 16.5. The smallest absolute Gasteiger partial charge is 0.249 e. The molecule has 1 N–H and O–H groups in total. The van der Waals surface area contributed by atoms with Gasteiger partial charge in [0.05, 0.1) is 13.2 Å². The Morgan fingerprint density at radius 1 is 1.26 bits per heavy atom. The number of rotatable bonds is 7. The second-order valence-corrected chi connectivity index (χ2v) is 5.04. The number of hydrogen-bond donors (Lipinski definition) is 1. The lowest BCUT2D eigenvalue weighted by Gasteiger charge is -2.05. The summed E-state index contributed by atoms with van der Waals surface area (Å²) in [4.78, 5) is 20.3. The summed E-state index contributed by atoms with van der Waals surface area (Å²) in [5.74, 6) is 0.942. The molecule has 23 heavy (non-hydrogen) atoms. The van der Waals surface area contributed by atoms with Crippen LogP contribution in [-0.2, 0) is 22.6 Å². The maximum atomic E-state index is 11.8. The van der Waals surface area contributed by atoms with Crippen LogP contribution in [0.3, 0.4) is 0 Å². The number of aromatic nitrogens is 2. The Morgan fingerprint density at radius 2 is 2.04 bits per heavy atom. The largest absolute Gasteiger partial charge is 0.373 e. The summed E-state index contributed by atoms with van der Waals surface area (Å²) >= 11 is 0. The van der Waals surface area contributed by atoms with Crippen molar-refractivity contribution in [3.05, 3.63) is 65.6 Å². The first-order valence-electron chi connectivity index (χ1n) is 7.61. The highest BCUT2D eigenvalue weighted by Gasteiger charge is 2.03. The van der Waals surface area contributed by atoms with Gasteiger partial charge >= 0.3 is 0 Å². The van der Waals surface area contributed by atoms with E-state index in [0.29, 0.717) is 24.9 Å². The van der Waals surface area contributed by atoms with Gasteiger partial charge in [-0.25, -0.2) is 9.97 Å². The third-order valence-corrected chi connectivity index (χ3v) is 3.10. The van der Waals surface area contributed by atoms with E-state index in [1.54, 1.807) is 12.1 Å². The molecule has 0 bridgehead atoms. The lowest BCUT2D eigenvalue weighted by Crippen LogP contribution is -2.11. The molecule has 5 nitrogen and oxygen atoms in total. The Morgan fingerprint density at radius 3 is 2.78 bits per heavy atom. The van der Waals surface area contributed by atoms with Crippen molar-refractivity contribution in [1.29, 1.82) is 0 Å². The second kappa shape index (κ2) is 8.80. The van der Waals surface area contributed by atoms with Gasteiger partial charge < -0.3 is 10.1 Å². The number of aryl methyl sites for hydroxylation is 2. The van der Waals surface area contributed by atoms with Crippen LogP contribution in [0.2, 0.25) is 0 Å². The molecule has 1 heterocycles. The first-order chi connectivity index (χ1) is 11.2. The van der Waals surface area contributed by atoms with Gasteiger partial charge in [0.1, 0.15) is 11.6 Å². The van der Waals surface area contributed by atoms with Gasteiger partial charge in [-0.05, 0) is 18.9 Å². The van der Waals surface area contributed by atoms with Crippen LogP contribution in [0, 0.1) is 6.92 Å². The van der Waals surface area contributed by atoms with Crippen LogP contribution >= 0.6 is 0 Å². The summed E-state index contributed by atoms with van der Waals surface area (Å²) in [6.45, 7) is 4.72. The molecule has 0 aliphatic rings. The zero-order valence-electron chi connectivity index (χ0n) is 13.5. The van der Waals surface area contributed by atoms with E-state index in [1.165, 1.54) is 6.08 Å². The second-order valence-electron chi connectivity index (χ2n) is 5.04. The molecule has 5 heteroatoms. The normalized spacial score (nSPS) is 10.9. The molecule has 2 aromatic rings. The summed E-state index contributed by atoms with van der Waals surface area (Å²) in [6, 6.07) is 11.7. The molecule has 0 unspecified atom stereocenters. The van der Waals surface area contributed by atoms with Crippen LogP contribution in [0.5, 0.6) is 0 Å². The van der Waals surface area contributed by atoms with Crippen LogP contribution in [-0.4, -0.2) is 22.5 Å². The Kier molecular flexibility index (Phi) is 6.44. The quantitative estimate of drug-likeness (QED) is 0.630. The lowest BCUT2D eigenvalue weighted by atomic mass is 10.2. The number of anilines is 1. The zero-order valence-corrected chi connectivity index (χ0v) is 13.5. The SMILES string of the molecule is CCc1cc(NC(=O)C=CCOCc2ccccc2)nc(C)n1. The number of hydrogen-bond acceptors (Lipinski definition) is 4. The maximum Gasteiger partial charge on any atom is 0.249 e. The van der Waals surface area contributed by atoms with Gasteiger partial charge in [0.25, 0.3) is 0 Å². The monoisotopic (exact) mass is 311 g/mol. The number of nitrogens with zero attached hydrogens (tertiary/aromatic N) is 2. The predicted octanol–water partition coefficient (Wildman–Crippen LogP) is 3.06. The van der Waals surface area contributed by atoms with E-state index in [4.69, 9.17) is 4.74 Å². The average Bonchev–Trinajstić information content (AvgIpc) is 2.55. The van der Waals surface area contributed by atoms with Crippen LogP contribution < -0.4 is 5.32 Å². The highest BCUT2D eigenvalue weighted by molar-refractivity contribution is 5.98. The van der Waals surface area contributed by atoms with Crippen molar-refractivity contribution in [3.63, 3.8) is 0 Å². The minimum atomic E-state index is -0.228. The lowest BCUT2D eigenvalue weighted by molar-refractivity contribution is -0.112. The Bertz CT molecular complexity index is 669. The summed E-state index contributed by atoms with van der Waals surface area (Å²) in [7, 11) is 0. The summed E-state index contributed by atoms with van der Waals surface area (Å²) in [6.07, 6.45) is 3.94. The van der Waals surface area contributed by atoms with Crippen LogP contribution in [0.15, 0.2) is 48.6 Å².